The number of methoxy groups -OCH3 is 3. The van der Waals surface area contributed by atoms with Crippen molar-refractivity contribution in [3.63, 3.8) is 0 Å². The number of carbonyl (C=O) groups excluding carboxylic acids is 1. The molecule has 1 aliphatic rings. The number of para-hydroxylation sites is 2. The number of pyridine rings is 1. The molecule has 0 bridgehead atoms. The monoisotopic (exact) mass is 521 g/mol. The highest BCUT2D eigenvalue weighted by Gasteiger charge is 2.32. The van der Waals surface area contributed by atoms with E-state index in [1.54, 1.807) is 30.2 Å². The van der Waals surface area contributed by atoms with E-state index in [4.69, 9.17) is 14.2 Å². The van der Waals surface area contributed by atoms with E-state index >= 15 is 0 Å². The summed E-state index contributed by atoms with van der Waals surface area (Å²) in [4.78, 5) is 21.9. The zero-order chi connectivity index (χ0) is 27.2. The minimum absolute atomic E-state index is 0.223. The van der Waals surface area contributed by atoms with E-state index in [0.29, 0.717) is 60.9 Å². The Morgan fingerprint density at radius 3 is 2.08 bits per heavy atom. The van der Waals surface area contributed by atoms with Crippen molar-refractivity contribution in [2.75, 3.05) is 52.4 Å². The van der Waals surface area contributed by atoms with Gasteiger partial charge in [-0.05, 0) is 37.1 Å². The quantitative estimate of drug-likeness (QED) is 0.425. The van der Waals surface area contributed by atoms with Gasteiger partial charge in [0.1, 0.15) is 28.6 Å². The lowest BCUT2D eigenvalue weighted by molar-refractivity contribution is 0.0739. The van der Waals surface area contributed by atoms with Gasteiger partial charge in [0.25, 0.3) is 5.91 Å². The first-order chi connectivity index (χ1) is 18.4. The van der Waals surface area contributed by atoms with Crippen LogP contribution >= 0.6 is 0 Å². The molecular weight excluding hydrogens is 486 g/mol. The molecule has 1 amide bonds. The third-order valence-corrected chi connectivity index (χ3v) is 6.88. The fourth-order valence-electron chi connectivity index (χ4n) is 4.89. The SMILES string of the molecule is CCCCc1nc(O)c(C(=O)N2CCN(c3ccccc3OC)CC2)c(O)c1-c1c(OC)cccc1OC. The Morgan fingerprint density at radius 1 is 0.868 bits per heavy atom. The molecule has 0 atom stereocenters. The molecule has 0 radical (unpaired) electrons. The standard InChI is InChI=1S/C29H35N3O6/c1-5-6-10-19-24(25-22(37-3)13-9-14-23(25)38-4)27(33)26(28(34)30-19)29(35)32-17-15-31(16-18-32)20-11-7-8-12-21(20)36-2/h7-9,11-14H,5-6,10,15-18H2,1-4H3,(H2,30,33,34). The Morgan fingerprint density at radius 2 is 1.47 bits per heavy atom. The molecule has 4 rings (SSSR count). The van der Waals surface area contributed by atoms with Gasteiger partial charge in [-0.2, -0.15) is 0 Å². The Kier molecular flexibility index (Phi) is 8.45. The van der Waals surface area contributed by atoms with E-state index in [1.165, 1.54) is 14.2 Å². The van der Waals surface area contributed by atoms with E-state index in [1.807, 2.05) is 31.2 Å². The van der Waals surface area contributed by atoms with Gasteiger partial charge in [-0.25, -0.2) is 4.98 Å². The second-order valence-electron chi connectivity index (χ2n) is 9.07. The molecule has 1 aliphatic heterocycles. The normalized spacial score (nSPS) is 13.4. The van der Waals surface area contributed by atoms with Crippen molar-refractivity contribution in [1.82, 2.24) is 9.88 Å². The Bertz CT molecular complexity index is 1270. The second kappa shape index (κ2) is 11.9. The highest BCUT2D eigenvalue weighted by molar-refractivity contribution is 6.02. The first-order valence-electron chi connectivity index (χ1n) is 12.8. The first-order valence-corrected chi connectivity index (χ1v) is 12.8. The van der Waals surface area contributed by atoms with Crippen LogP contribution in [0.1, 0.15) is 35.8 Å². The summed E-state index contributed by atoms with van der Waals surface area (Å²) in [7, 11) is 4.69. The van der Waals surface area contributed by atoms with Crippen LogP contribution in [0, 0.1) is 0 Å². The third-order valence-electron chi connectivity index (χ3n) is 6.88. The minimum atomic E-state index is -0.483. The number of rotatable bonds is 9. The van der Waals surface area contributed by atoms with Gasteiger partial charge in [0.2, 0.25) is 5.88 Å². The molecule has 0 unspecified atom stereocenters. The van der Waals surface area contributed by atoms with E-state index in [9.17, 15) is 15.0 Å². The number of benzene rings is 2. The van der Waals surface area contributed by atoms with Crippen molar-refractivity contribution < 1.29 is 29.2 Å². The molecule has 1 saturated heterocycles. The van der Waals surface area contributed by atoms with Crippen LogP contribution < -0.4 is 19.1 Å². The predicted octanol–water partition coefficient (Wildman–Crippen LogP) is 4.49. The Labute approximate surface area is 223 Å². The summed E-state index contributed by atoms with van der Waals surface area (Å²) in [6, 6.07) is 13.1. The van der Waals surface area contributed by atoms with E-state index in [-0.39, 0.29) is 11.3 Å². The summed E-state index contributed by atoms with van der Waals surface area (Å²) in [5.41, 5.74) is 2.03. The second-order valence-corrected chi connectivity index (χ2v) is 9.07. The lowest BCUT2D eigenvalue weighted by Gasteiger charge is -2.36. The van der Waals surface area contributed by atoms with Gasteiger partial charge in [-0.1, -0.05) is 31.5 Å². The highest BCUT2D eigenvalue weighted by Crippen LogP contribution is 2.47. The summed E-state index contributed by atoms with van der Waals surface area (Å²) in [5.74, 6) is 0.406. The molecule has 2 aromatic carbocycles. The van der Waals surface area contributed by atoms with Crippen LogP contribution in [0.25, 0.3) is 11.1 Å². The molecule has 2 heterocycles. The van der Waals surface area contributed by atoms with Crippen LogP contribution in [-0.4, -0.2) is 73.5 Å². The van der Waals surface area contributed by atoms with Crippen molar-refractivity contribution in [2.24, 2.45) is 0 Å². The molecule has 2 N–H and O–H groups in total. The molecule has 3 aromatic rings. The number of aryl methyl sites for hydroxylation is 1. The topological polar surface area (TPSA) is 105 Å². The number of hydrogen-bond acceptors (Lipinski definition) is 8. The van der Waals surface area contributed by atoms with Crippen LogP contribution in [0.5, 0.6) is 28.9 Å². The van der Waals surface area contributed by atoms with Crippen LogP contribution in [0.15, 0.2) is 42.5 Å². The van der Waals surface area contributed by atoms with Gasteiger partial charge >= 0.3 is 0 Å². The fraction of sp³-hybridized carbons (Fsp3) is 0.379. The summed E-state index contributed by atoms with van der Waals surface area (Å²) in [5, 5.41) is 22.4. The Hall–Kier alpha value is -4.14. The number of anilines is 1. The van der Waals surface area contributed by atoms with Gasteiger partial charge in [0.15, 0.2) is 0 Å². The maximum absolute atomic E-state index is 13.7. The highest BCUT2D eigenvalue weighted by atomic mass is 16.5. The van der Waals surface area contributed by atoms with Gasteiger partial charge < -0.3 is 34.2 Å². The van der Waals surface area contributed by atoms with E-state index < -0.39 is 11.8 Å². The lowest BCUT2D eigenvalue weighted by atomic mass is 9.95. The first kappa shape index (κ1) is 26.9. The van der Waals surface area contributed by atoms with Crippen molar-refractivity contribution >= 4 is 11.6 Å². The number of nitrogens with zero attached hydrogens (tertiary/aromatic N) is 3. The Balaban J connectivity index is 1.71. The van der Waals surface area contributed by atoms with E-state index in [0.717, 1.165) is 24.3 Å². The lowest BCUT2D eigenvalue weighted by Crippen LogP contribution is -2.49. The number of aromatic nitrogens is 1. The van der Waals surface area contributed by atoms with Crippen molar-refractivity contribution in [2.45, 2.75) is 26.2 Å². The number of ether oxygens (including phenoxy) is 3. The molecule has 1 aromatic heterocycles. The summed E-state index contributed by atoms with van der Waals surface area (Å²) in [6.45, 7) is 4.00. The molecule has 38 heavy (non-hydrogen) atoms. The largest absolute Gasteiger partial charge is 0.506 e. The number of amides is 1. The summed E-state index contributed by atoms with van der Waals surface area (Å²) in [6.07, 6.45) is 2.18. The number of unbranched alkanes of at least 4 members (excludes halogenated alkanes) is 1. The van der Waals surface area contributed by atoms with E-state index in [2.05, 4.69) is 9.88 Å². The molecular formula is C29H35N3O6. The van der Waals surface area contributed by atoms with Gasteiger partial charge in [0, 0.05) is 26.2 Å². The molecule has 0 spiro atoms. The number of hydrogen-bond donors (Lipinski definition) is 2. The van der Waals surface area contributed by atoms with Gasteiger partial charge in [0.05, 0.1) is 43.8 Å². The number of aromatic hydroxyl groups is 2. The van der Waals surface area contributed by atoms with Crippen LogP contribution in [-0.2, 0) is 6.42 Å². The average molecular weight is 522 g/mol. The molecule has 1 fully saturated rings. The van der Waals surface area contributed by atoms with Gasteiger partial charge in [-0.3, -0.25) is 4.79 Å². The maximum Gasteiger partial charge on any atom is 0.263 e. The van der Waals surface area contributed by atoms with Crippen LogP contribution in [0.2, 0.25) is 0 Å². The van der Waals surface area contributed by atoms with Crippen molar-refractivity contribution in [3.05, 3.63) is 53.7 Å². The number of carbonyl (C=O) groups is 1. The molecule has 9 heteroatoms. The summed E-state index contributed by atoms with van der Waals surface area (Å²) >= 11 is 0. The molecule has 0 aliphatic carbocycles. The zero-order valence-corrected chi connectivity index (χ0v) is 22.4. The van der Waals surface area contributed by atoms with Crippen molar-refractivity contribution in [3.8, 4) is 40.0 Å². The van der Waals surface area contributed by atoms with Crippen LogP contribution in [0.3, 0.4) is 0 Å². The average Bonchev–Trinajstić information content (AvgIpc) is 2.95. The van der Waals surface area contributed by atoms with Gasteiger partial charge in [-0.15, -0.1) is 0 Å². The third kappa shape index (κ3) is 5.14. The van der Waals surface area contributed by atoms with Crippen LogP contribution in [0.4, 0.5) is 5.69 Å². The molecule has 202 valence electrons. The smallest absolute Gasteiger partial charge is 0.263 e. The number of piperazine rings is 1. The predicted molar refractivity (Wildman–Crippen MR) is 146 cm³/mol. The maximum atomic E-state index is 13.7. The molecule has 0 saturated carbocycles. The molecule has 9 nitrogen and oxygen atoms in total. The van der Waals surface area contributed by atoms with Crippen molar-refractivity contribution in [1.29, 1.82) is 0 Å². The minimum Gasteiger partial charge on any atom is -0.506 e. The summed E-state index contributed by atoms with van der Waals surface area (Å²) < 4.78 is 16.7. The fourth-order valence-corrected chi connectivity index (χ4v) is 4.89. The zero-order valence-electron chi connectivity index (χ0n) is 22.4.